The van der Waals surface area contributed by atoms with Crippen LogP contribution in [0.4, 0.5) is 0 Å². The van der Waals surface area contributed by atoms with Gasteiger partial charge in [0.2, 0.25) is 5.91 Å². The maximum Gasteiger partial charge on any atom is 0.340 e. The fourth-order valence-electron chi connectivity index (χ4n) is 4.26. The quantitative estimate of drug-likeness (QED) is 0.340. The first-order valence-corrected chi connectivity index (χ1v) is 11.0. The lowest BCUT2D eigenvalue weighted by atomic mass is 9.99. The molecular weight excluding hydrogens is 446 g/mol. The van der Waals surface area contributed by atoms with E-state index in [1.54, 1.807) is 49.6 Å². The highest BCUT2D eigenvalue weighted by Crippen LogP contribution is 2.34. The summed E-state index contributed by atoms with van der Waals surface area (Å²) in [5.41, 5.74) is 3.39. The molecular formula is C28H21NO6. The number of amides is 1. The topological polar surface area (TPSA) is 110 Å². The van der Waals surface area contributed by atoms with E-state index in [0.717, 1.165) is 16.5 Å². The van der Waals surface area contributed by atoms with Crippen LogP contribution in [0.2, 0.25) is 0 Å². The first-order valence-electron chi connectivity index (χ1n) is 11.0. The zero-order chi connectivity index (χ0) is 24.5. The van der Waals surface area contributed by atoms with Crippen molar-refractivity contribution in [2.24, 2.45) is 0 Å². The van der Waals surface area contributed by atoms with Gasteiger partial charge in [-0.05, 0) is 29.7 Å². The zero-order valence-electron chi connectivity index (χ0n) is 18.8. The number of furan rings is 1. The molecule has 5 rings (SSSR count). The van der Waals surface area contributed by atoms with Crippen LogP contribution in [0.15, 0.2) is 92.7 Å². The summed E-state index contributed by atoms with van der Waals surface area (Å²) in [5, 5.41) is 13.6. The molecule has 7 nitrogen and oxygen atoms in total. The van der Waals surface area contributed by atoms with Gasteiger partial charge in [-0.3, -0.25) is 4.79 Å². The molecule has 174 valence electrons. The summed E-state index contributed by atoms with van der Waals surface area (Å²) in [6.07, 6.45) is 1.35. The molecule has 1 atom stereocenters. The number of carbonyl (C=O) groups excluding carboxylic acids is 1. The maximum absolute atomic E-state index is 12.8. The number of aliphatic carboxylic acids is 1. The second-order valence-electron chi connectivity index (χ2n) is 8.28. The molecule has 0 spiro atoms. The average molecular weight is 467 g/mol. The Kier molecular flexibility index (Phi) is 5.66. The minimum atomic E-state index is -1.23. The monoisotopic (exact) mass is 467 g/mol. The van der Waals surface area contributed by atoms with Gasteiger partial charge in [-0.2, -0.15) is 0 Å². The molecule has 35 heavy (non-hydrogen) atoms. The van der Waals surface area contributed by atoms with Gasteiger partial charge in [0.1, 0.15) is 11.2 Å². The van der Waals surface area contributed by atoms with Crippen molar-refractivity contribution in [1.29, 1.82) is 0 Å². The van der Waals surface area contributed by atoms with Gasteiger partial charge in [0.05, 0.1) is 18.2 Å². The van der Waals surface area contributed by atoms with E-state index in [4.69, 9.17) is 8.83 Å². The number of hydrogen-bond acceptors (Lipinski definition) is 5. The normalized spacial score (nSPS) is 12.0. The lowest BCUT2D eigenvalue weighted by Crippen LogP contribution is -2.35. The van der Waals surface area contributed by atoms with Gasteiger partial charge in [0, 0.05) is 22.4 Å². The fourth-order valence-corrected chi connectivity index (χ4v) is 4.26. The van der Waals surface area contributed by atoms with Crippen LogP contribution >= 0.6 is 0 Å². The summed E-state index contributed by atoms with van der Waals surface area (Å²) in [6.45, 7) is 1.75. The molecule has 0 radical (unpaired) electrons. The Morgan fingerprint density at radius 3 is 2.31 bits per heavy atom. The number of benzene rings is 3. The standard InChI is InChI=1S/C28H21NO6/c1-16-19-12-21-22(17-8-4-2-5-9-17)15-34-23(21)14-24(19)35-28(33)20(16)13-25(30)29-26(27(31)32)18-10-6-3-7-11-18/h2-12,14-15,26H,13H2,1H3,(H,29,30)(H,31,32)/t26-/m0/s1. The number of hydrogen-bond donors (Lipinski definition) is 2. The van der Waals surface area contributed by atoms with Gasteiger partial charge in [-0.1, -0.05) is 60.7 Å². The Hall–Kier alpha value is -4.65. The van der Waals surface area contributed by atoms with E-state index >= 15 is 0 Å². The van der Waals surface area contributed by atoms with E-state index in [9.17, 15) is 19.5 Å². The highest BCUT2D eigenvalue weighted by molar-refractivity contribution is 6.02. The third-order valence-corrected chi connectivity index (χ3v) is 6.09. The van der Waals surface area contributed by atoms with Crippen LogP contribution in [-0.4, -0.2) is 17.0 Å². The highest BCUT2D eigenvalue weighted by atomic mass is 16.4. The van der Waals surface area contributed by atoms with Crippen molar-refractivity contribution in [2.45, 2.75) is 19.4 Å². The van der Waals surface area contributed by atoms with Gasteiger partial charge in [0.15, 0.2) is 6.04 Å². The van der Waals surface area contributed by atoms with Gasteiger partial charge in [-0.15, -0.1) is 0 Å². The summed E-state index contributed by atoms with van der Waals surface area (Å²) in [4.78, 5) is 37.3. The van der Waals surface area contributed by atoms with Crippen molar-refractivity contribution in [1.82, 2.24) is 5.32 Å². The number of carboxylic acids is 1. The molecule has 2 N–H and O–H groups in total. The molecule has 0 bridgehead atoms. The Morgan fingerprint density at radius 2 is 1.63 bits per heavy atom. The molecule has 3 aromatic carbocycles. The zero-order valence-corrected chi connectivity index (χ0v) is 18.8. The molecule has 0 aliphatic rings. The number of rotatable bonds is 6. The number of carbonyl (C=O) groups is 2. The van der Waals surface area contributed by atoms with E-state index in [0.29, 0.717) is 27.7 Å². The smallest absolute Gasteiger partial charge is 0.340 e. The maximum atomic E-state index is 12.8. The first-order chi connectivity index (χ1) is 16.9. The lowest BCUT2D eigenvalue weighted by molar-refractivity contribution is -0.142. The SMILES string of the molecule is Cc1c(CC(=O)N[C@H](C(=O)O)c2ccccc2)c(=O)oc2cc3occ(-c4ccccc4)c3cc12. The Bertz CT molecular complexity index is 1620. The number of carboxylic acid groups (broad SMARTS) is 1. The van der Waals surface area contributed by atoms with Crippen molar-refractivity contribution in [3.63, 3.8) is 0 Å². The van der Waals surface area contributed by atoms with E-state index in [1.165, 1.54) is 0 Å². The van der Waals surface area contributed by atoms with Gasteiger partial charge >= 0.3 is 11.6 Å². The van der Waals surface area contributed by atoms with Gasteiger partial charge < -0.3 is 19.3 Å². The Balaban J connectivity index is 1.51. The van der Waals surface area contributed by atoms with Crippen molar-refractivity contribution < 1.29 is 23.5 Å². The van der Waals surface area contributed by atoms with Crippen LogP contribution < -0.4 is 10.9 Å². The van der Waals surface area contributed by atoms with Crippen molar-refractivity contribution in [3.05, 3.63) is 106 Å². The van der Waals surface area contributed by atoms with E-state index < -0.39 is 23.5 Å². The van der Waals surface area contributed by atoms with E-state index in [1.807, 2.05) is 36.4 Å². The van der Waals surface area contributed by atoms with Crippen molar-refractivity contribution >= 4 is 33.8 Å². The fraction of sp³-hybridized carbons (Fsp3) is 0.107. The molecule has 2 aromatic heterocycles. The molecule has 1 amide bonds. The predicted molar refractivity (Wildman–Crippen MR) is 131 cm³/mol. The predicted octanol–water partition coefficient (Wildman–Crippen LogP) is 5.00. The molecule has 0 saturated carbocycles. The first kappa shape index (κ1) is 22.2. The van der Waals surface area contributed by atoms with Crippen LogP contribution in [0.3, 0.4) is 0 Å². The molecule has 0 saturated heterocycles. The third kappa shape index (κ3) is 4.19. The van der Waals surface area contributed by atoms with Crippen LogP contribution in [0.5, 0.6) is 0 Å². The van der Waals surface area contributed by atoms with Crippen LogP contribution in [0.25, 0.3) is 33.1 Å². The highest BCUT2D eigenvalue weighted by Gasteiger charge is 2.24. The minimum absolute atomic E-state index is 0.177. The van der Waals surface area contributed by atoms with Crippen molar-refractivity contribution in [2.75, 3.05) is 0 Å². The Labute approximate surface area is 199 Å². The molecule has 0 aliphatic carbocycles. The summed E-state index contributed by atoms with van der Waals surface area (Å²) in [7, 11) is 0. The second kappa shape index (κ2) is 8.95. The summed E-state index contributed by atoms with van der Waals surface area (Å²) in [5.74, 6) is -1.78. The number of fused-ring (bicyclic) bond motifs is 2. The van der Waals surface area contributed by atoms with Crippen molar-refractivity contribution in [3.8, 4) is 11.1 Å². The van der Waals surface area contributed by atoms with Crippen LogP contribution in [0, 0.1) is 6.92 Å². The largest absolute Gasteiger partial charge is 0.479 e. The van der Waals surface area contributed by atoms with Gasteiger partial charge in [-0.25, -0.2) is 9.59 Å². The second-order valence-corrected chi connectivity index (χ2v) is 8.28. The lowest BCUT2D eigenvalue weighted by Gasteiger charge is -2.15. The summed E-state index contributed by atoms with van der Waals surface area (Å²) >= 11 is 0. The summed E-state index contributed by atoms with van der Waals surface area (Å²) < 4.78 is 11.2. The third-order valence-electron chi connectivity index (χ3n) is 6.09. The molecule has 0 aliphatic heterocycles. The molecule has 0 unspecified atom stereocenters. The van der Waals surface area contributed by atoms with Gasteiger partial charge in [0.25, 0.3) is 0 Å². The number of nitrogens with one attached hydrogen (secondary N) is 1. The summed E-state index contributed by atoms with van der Waals surface area (Å²) in [6, 6.07) is 20.5. The molecule has 7 heteroatoms. The molecule has 0 fully saturated rings. The van der Waals surface area contributed by atoms with E-state index in [-0.39, 0.29) is 12.0 Å². The Morgan fingerprint density at radius 1 is 0.943 bits per heavy atom. The van der Waals surface area contributed by atoms with Crippen LogP contribution in [-0.2, 0) is 16.0 Å². The molecule has 2 heterocycles. The average Bonchev–Trinajstić information content (AvgIpc) is 3.28. The van der Waals surface area contributed by atoms with E-state index in [2.05, 4.69) is 5.32 Å². The molecule has 5 aromatic rings. The minimum Gasteiger partial charge on any atom is -0.479 e. The van der Waals surface area contributed by atoms with Crippen LogP contribution in [0.1, 0.15) is 22.7 Å². The number of aryl methyl sites for hydroxylation is 1.